The molecule has 1 atom stereocenters. The molecule has 0 saturated carbocycles. The average Bonchev–Trinajstić information content (AvgIpc) is 3.23. The van der Waals surface area contributed by atoms with Crippen LogP contribution in [0.15, 0.2) is 10.4 Å². The van der Waals surface area contributed by atoms with Gasteiger partial charge in [0.15, 0.2) is 11.7 Å². The van der Waals surface area contributed by atoms with Crippen LogP contribution in [0.3, 0.4) is 0 Å². The van der Waals surface area contributed by atoms with Crippen molar-refractivity contribution >= 4 is 41.3 Å². The molecular weight excluding hydrogens is 484 g/mol. The molecule has 1 unspecified atom stereocenters. The molecular formula is C15H24F3IN4O2S. The van der Waals surface area contributed by atoms with Gasteiger partial charge in [-0.3, -0.25) is 0 Å². The molecule has 150 valence electrons. The average molecular weight is 508 g/mol. The quantitative estimate of drug-likeness (QED) is 0.245. The maximum absolute atomic E-state index is 12.5. The number of hydrogen-bond acceptors (Lipinski definition) is 5. The molecule has 1 aromatic heterocycles. The lowest BCUT2D eigenvalue weighted by Crippen LogP contribution is -2.39. The van der Waals surface area contributed by atoms with Crippen LogP contribution in [0.4, 0.5) is 13.2 Å². The monoisotopic (exact) mass is 508 g/mol. The van der Waals surface area contributed by atoms with E-state index in [1.54, 1.807) is 0 Å². The van der Waals surface area contributed by atoms with Crippen LogP contribution in [-0.2, 0) is 22.2 Å². The van der Waals surface area contributed by atoms with Gasteiger partial charge in [0.25, 0.3) is 0 Å². The van der Waals surface area contributed by atoms with Crippen molar-refractivity contribution in [1.29, 1.82) is 0 Å². The maximum Gasteiger partial charge on any atom is 0.434 e. The Bertz CT molecular complexity index is 551. The lowest BCUT2D eigenvalue weighted by atomic mass is 10.2. The molecule has 0 aromatic carbocycles. The Hall–Kier alpha value is -0.660. The van der Waals surface area contributed by atoms with Gasteiger partial charge in [0.2, 0.25) is 0 Å². The van der Waals surface area contributed by atoms with Gasteiger partial charge < -0.3 is 20.1 Å². The zero-order valence-corrected chi connectivity index (χ0v) is 17.6. The molecule has 1 aliphatic heterocycles. The van der Waals surface area contributed by atoms with Crippen molar-refractivity contribution in [3.05, 3.63) is 16.1 Å². The number of nitrogens with zero attached hydrogens (tertiary/aromatic N) is 2. The first-order valence-corrected chi connectivity index (χ1v) is 9.10. The lowest BCUT2D eigenvalue weighted by Gasteiger charge is -2.13. The Morgan fingerprint density at radius 1 is 1.46 bits per heavy atom. The summed E-state index contributed by atoms with van der Waals surface area (Å²) in [5.41, 5.74) is -0.872. The standard InChI is InChI=1S/C15H23F3N4O2S.HI/c1-2-19-14(20-5-7-23-9-11-4-3-6-24-11)21-8-13-22-12(10-25-13)15(16,17)18;/h10-11H,2-9H2,1H3,(H2,19,20,21);1H. The van der Waals surface area contributed by atoms with Crippen LogP contribution in [0.5, 0.6) is 0 Å². The van der Waals surface area contributed by atoms with Crippen molar-refractivity contribution in [3.8, 4) is 0 Å². The Kier molecular flexibility index (Phi) is 10.7. The van der Waals surface area contributed by atoms with E-state index in [0.29, 0.717) is 37.3 Å². The van der Waals surface area contributed by atoms with Crippen molar-refractivity contribution in [1.82, 2.24) is 15.6 Å². The van der Waals surface area contributed by atoms with Gasteiger partial charge in [-0.05, 0) is 19.8 Å². The van der Waals surface area contributed by atoms with Crippen LogP contribution in [0.1, 0.15) is 30.5 Å². The Morgan fingerprint density at radius 2 is 2.27 bits per heavy atom. The Morgan fingerprint density at radius 3 is 2.88 bits per heavy atom. The zero-order valence-electron chi connectivity index (χ0n) is 14.5. The van der Waals surface area contributed by atoms with Gasteiger partial charge in [-0.1, -0.05) is 0 Å². The molecule has 6 nitrogen and oxygen atoms in total. The molecule has 1 saturated heterocycles. The van der Waals surface area contributed by atoms with E-state index in [-0.39, 0.29) is 36.6 Å². The molecule has 0 aliphatic carbocycles. The second kappa shape index (κ2) is 11.9. The van der Waals surface area contributed by atoms with E-state index >= 15 is 0 Å². The zero-order chi connectivity index (χ0) is 18.1. The van der Waals surface area contributed by atoms with Gasteiger partial charge in [-0.25, -0.2) is 9.98 Å². The summed E-state index contributed by atoms with van der Waals surface area (Å²) in [5.74, 6) is 0.520. The summed E-state index contributed by atoms with van der Waals surface area (Å²) < 4.78 is 48.6. The third kappa shape index (κ3) is 8.35. The molecule has 1 aromatic rings. The van der Waals surface area contributed by atoms with Gasteiger partial charge in [-0.15, -0.1) is 35.3 Å². The third-order valence-electron chi connectivity index (χ3n) is 3.43. The van der Waals surface area contributed by atoms with E-state index in [1.807, 2.05) is 6.92 Å². The topological polar surface area (TPSA) is 67.8 Å². The van der Waals surface area contributed by atoms with Gasteiger partial charge in [0.05, 0.1) is 25.9 Å². The van der Waals surface area contributed by atoms with E-state index < -0.39 is 11.9 Å². The molecule has 0 amide bonds. The van der Waals surface area contributed by atoms with E-state index in [9.17, 15) is 13.2 Å². The van der Waals surface area contributed by atoms with Crippen LogP contribution in [0.25, 0.3) is 0 Å². The lowest BCUT2D eigenvalue weighted by molar-refractivity contribution is -0.140. The van der Waals surface area contributed by atoms with E-state index in [4.69, 9.17) is 9.47 Å². The van der Waals surface area contributed by atoms with Crippen molar-refractivity contribution in [2.75, 3.05) is 32.9 Å². The highest BCUT2D eigenvalue weighted by molar-refractivity contribution is 14.0. The highest BCUT2D eigenvalue weighted by Crippen LogP contribution is 2.30. The molecule has 0 radical (unpaired) electrons. The number of thiazole rings is 1. The second-order valence-corrected chi connectivity index (χ2v) is 6.40. The number of halogens is 4. The first-order valence-electron chi connectivity index (χ1n) is 8.22. The first-order chi connectivity index (χ1) is 12.0. The Balaban J connectivity index is 0.00000338. The van der Waals surface area contributed by atoms with Gasteiger partial charge >= 0.3 is 6.18 Å². The number of aromatic nitrogens is 1. The van der Waals surface area contributed by atoms with Crippen molar-refractivity contribution in [2.45, 2.75) is 38.6 Å². The number of alkyl halides is 3. The van der Waals surface area contributed by atoms with Gasteiger partial charge in [0.1, 0.15) is 5.01 Å². The van der Waals surface area contributed by atoms with Gasteiger partial charge in [0, 0.05) is 25.1 Å². The SMILES string of the molecule is CCNC(=NCc1nc(C(F)(F)F)cs1)NCCOCC1CCCO1.I. The van der Waals surface area contributed by atoms with Crippen molar-refractivity contribution in [3.63, 3.8) is 0 Å². The summed E-state index contributed by atoms with van der Waals surface area (Å²) in [6.45, 7) is 5.08. The minimum Gasteiger partial charge on any atom is -0.377 e. The first kappa shape index (κ1) is 23.4. The molecule has 11 heteroatoms. The number of ether oxygens (including phenoxy) is 2. The van der Waals surface area contributed by atoms with Crippen LogP contribution in [0.2, 0.25) is 0 Å². The second-order valence-electron chi connectivity index (χ2n) is 5.46. The molecule has 26 heavy (non-hydrogen) atoms. The normalized spacial score (nSPS) is 17.8. The minimum atomic E-state index is -4.42. The molecule has 1 fully saturated rings. The fourth-order valence-electron chi connectivity index (χ4n) is 2.23. The summed E-state index contributed by atoms with van der Waals surface area (Å²) in [7, 11) is 0. The van der Waals surface area contributed by atoms with Crippen LogP contribution >= 0.6 is 35.3 Å². The fraction of sp³-hybridized carbons (Fsp3) is 0.733. The summed E-state index contributed by atoms with van der Waals surface area (Å²) in [4.78, 5) is 7.81. The summed E-state index contributed by atoms with van der Waals surface area (Å²) in [5, 5.41) is 7.44. The van der Waals surface area contributed by atoms with Gasteiger partial charge in [-0.2, -0.15) is 13.2 Å². The molecule has 0 bridgehead atoms. The maximum atomic E-state index is 12.5. The minimum absolute atomic E-state index is 0. The number of rotatable bonds is 8. The molecule has 2 rings (SSSR count). The summed E-state index contributed by atoms with van der Waals surface area (Å²) in [6, 6.07) is 0. The highest BCUT2D eigenvalue weighted by atomic mass is 127. The third-order valence-corrected chi connectivity index (χ3v) is 4.26. The molecule has 0 spiro atoms. The van der Waals surface area contributed by atoms with E-state index in [1.165, 1.54) is 0 Å². The fourth-order valence-corrected chi connectivity index (χ4v) is 2.96. The summed E-state index contributed by atoms with van der Waals surface area (Å²) >= 11 is 0.950. The van der Waals surface area contributed by atoms with E-state index in [0.717, 1.165) is 36.2 Å². The van der Waals surface area contributed by atoms with Crippen LogP contribution in [0, 0.1) is 0 Å². The highest BCUT2D eigenvalue weighted by Gasteiger charge is 2.33. The van der Waals surface area contributed by atoms with Crippen LogP contribution < -0.4 is 10.6 Å². The number of guanidine groups is 1. The smallest absolute Gasteiger partial charge is 0.377 e. The van der Waals surface area contributed by atoms with Crippen molar-refractivity contribution in [2.24, 2.45) is 4.99 Å². The van der Waals surface area contributed by atoms with Crippen molar-refractivity contribution < 1.29 is 22.6 Å². The van der Waals surface area contributed by atoms with Crippen LogP contribution in [-0.4, -0.2) is 50.0 Å². The summed E-state index contributed by atoms with van der Waals surface area (Å²) in [6.07, 6.45) is -2.11. The molecule has 2 heterocycles. The molecule has 2 N–H and O–H groups in total. The molecule has 1 aliphatic rings. The predicted molar refractivity (Wildman–Crippen MR) is 105 cm³/mol. The van der Waals surface area contributed by atoms with E-state index in [2.05, 4.69) is 20.6 Å². The number of aliphatic imine (C=N–C) groups is 1. The number of hydrogen-bond donors (Lipinski definition) is 2. The Labute approximate surface area is 172 Å². The predicted octanol–water partition coefficient (Wildman–Crippen LogP) is 3.03. The number of nitrogens with one attached hydrogen (secondary N) is 2. The largest absolute Gasteiger partial charge is 0.434 e.